The molecule has 1 aliphatic heterocycles. The monoisotopic (exact) mass is 280 g/mol. The second kappa shape index (κ2) is 5.40. The highest BCUT2D eigenvalue weighted by Crippen LogP contribution is 2.23. The molecular formula is C17H16N2O2. The predicted octanol–water partition coefficient (Wildman–Crippen LogP) is 3.44. The molecule has 0 spiro atoms. The quantitative estimate of drug-likeness (QED) is 0.857. The van der Waals surface area contributed by atoms with E-state index in [4.69, 9.17) is 0 Å². The summed E-state index contributed by atoms with van der Waals surface area (Å²) in [5.74, 6) is 0.0165. The number of ketones is 1. The van der Waals surface area contributed by atoms with Gasteiger partial charge in [-0.05, 0) is 42.3 Å². The van der Waals surface area contributed by atoms with Gasteiger partial charge in [-0.2, -0.15) is 0 Å². The van der Waals surface area contributed by atoms with E-state index < -0.39 is 0 Å². The molecule has 106 valence electrons. The van der Waals surface area contributed by atoms with E-state index >= 15 is 0 Å². The van der Waals surface area contributed by atoms with Crippen LogP contribution in [0, 0.1) is 0 Å². The van der Waals surface area contributed by atoms with Crippen LogP contribution in [-0.4, -0.2) is 16.7 Å². The molecule has 0 saturated carbocycles. The molecule has 0 saturated heterocycles. The molecule has 0 fully saturated rings. The lowest BCUT2D eigenvalue weighted by Crippen LogP contribution is -2.30. The summed E-state index contributed by atoms with van der Waals surface area (Å²) in [5, 5.41) is 2.86. The minimum Gasteiger partial charge on any atom is -0.316 e. The van der Waals surface area contributed by atoms with E-state index in [1.807, 2.05) is 24.3 Å². The number of nitrogens with one attached hydrogen (secondary N) is 1. The molecule has 2 aromatic rings. The Morgan fingerprint density at radius 2 is 1.52 bits per heavy atom. The van der Waals surface area contributed by atoms with Crippen molar-refractivity contribution < 1.29 is 9.59 Å². The van der Waals surface area contributed by atoms with Crippen molar-refractivity contribution in [2.75, 3.05) is 5.32 Å². The summed E-state index contributed by atoms with van der Waals surface area (Å²) in [6, 6.07) is 14.9. The van der Waals surface area contributed by atoms with E-state index in [1.165, 1.54) is 18.1 Å². The number of carbonyl (C=O) groups excluding carboxylic acids is 2. The lowest BCUT2D eigenvalue weighted by molar-refractivity contribution is 0.101. The molecule has 3 rings (SSSR count). The molecule has 0 bridgehead atoms. The second-order valence-electron chi connectivity index (χ2n) is 5.19. The number of hydrogen-bond acceptors (Lipinski definition) is 2. The molecule has 1 heterocycles. The van der Waals surface area contributed by atoms with Crippen LogP contribution in [0.5, 0.6) is 0 Å². The molecule has 4 heteroatoms. The maximum Gasteiger partial charge on any atom is 0.322 e. The highest BCUT2D eigenvalue weighted by Gasteiger charge is 2.22. The number of anilines is 1. The van der Waals surface area contributed by atoms with Crippen molar-refractivity contribution in [2.24, 2.45) is 0 Å². The summed E-state index contributed by atoms with van der Waals surface area (Å²) in [6.45, 7) is 2.79. The van der Waals surface area contributed by atoms with E-state index in [9.17, 15) is 9.59 Å². The summed E-state index contributed by atoms with van der Waals surface area (Å²) >= 11 is 0. The molecule has 21 heavy (non-hydrogen) atoms. The Hall–Kier alpha value is -2.62. The average molecular weight is 280 g/mol. The van der Waals surface area contributed by atoms with Crippen LogP contribution in [0.1, 0.15) is 28.4 Å². The minimum absolute atomic E-state index is 0.0165. The summed E-state index contributed by atoms with van der Waals surface area (Å²) in [4.78, 5) is 25.2. The van der Waals surface area contributed by atoms with Gasteiger partial charge in [0.05, 0.1) is 0 Å². The van der Waals surface area contributed by atoms with Gasteiger partial charge in [-0.3, -0.25) is 4.79 Å². The molecule has 0 radical (unpaired) electrons. The summed E-state index contributed by atoms with van der Waals surface area (Å²) in [7, 11) is 0. The molecule has 1 N–H and O–H groups in total. The zero-order valence-corrected chi connectivity index (χ0v) is 11.8. The summed E-state index contributed by atoms with van der Waals surface area (Å²) in [5.41, 5.74) is 3.72. The van der Waals surface area contributed by atoms with E-state index in [0.717, 1.165) is 0 Å². The summed E-state index contributed by atoms with van der Waals surface area (Å²) in [6.07, 6.45) is 0. The number of benzene rings is 2. The van der Waals surface area contributed by atoms with Crippen molar-refractivity contribution in [3.8, 4) is 0 Å². The van der Waals surface area contributed by atoms with Crippen molar-refractivity contribution in [1.82, 2.24) is 4.90 Å². The van der Waals surface area contributed by atoms with Crippen LogP contribution in [0.2, 0.25) is 0 Å². The summed E-state index contributed by atoms with van der Waals surface area (Å²) < 4.78 is 0. The van der Waals surface area contributed by atoms with Crippen molar-refractivity contribution in [1.29, 1.82) is 0 Å². The SMILES string of the molecule is CC(=O)c1ccc(NC(=O)N2Cc3ccccc3C2)cc1. The zero-order chi connectivity index (χ0) is 14.8. The first-order chi connectivity index (χ1) is 10.1. The van der Waals surface area contributed by atoms with Gasteiger partial charge in [-0.15, -0.1) is 0 Å². The molecule has 0 aromatic heterocycles. The van der Waals surface area contributed by atoms with Gasteiger partial charge in [0.1, 0.15) is 0 Å². The average Bonchev–Trinajstić information content (AvgIpc) is 2.92. The van der Waals surface area contributed by atoms with Gasteiger partial charge in [0, 0.05) is 24.3 Å². The third-order valence-corrected chi connectivity index (χ3v) is 3.67. The lowest BCUT2D eigenvalue weighted by Gasteiger charge is -2.16. The van der Waals surface area contributed by atoms with Crippen LogP contribution in [0.3, 0.4) is 0 Å². The fourth-order valence-electron chi connectivity index (χ4n) is 2.47. The number of urea groups is 1. The maximum absolute atomic E-state index is 12.2. The number of hydrogen-bond donors (Lipinski definition) is 1. The number of nitrogens with zero attached hydrogens (tertiary/aromatic N) is 1. The number of carbonyl (C=O) groups is 2. The van der Waals surface area contributed by atoms with Crippen molar-refractivity contribution >= 4 is 17.5 Å². The van der Waals surface area contributed by atoms with Crippen LogP contribution in [0.25, 0.3) is 0 Å². The first-order valence-electron chi connectivity index (χ1n) is 6.87. The number of amides is 2. The fraction of sp³-hybridized carbons (Fsp3) is 0.176. The predicted molar refractivity (Wildman–Crippen MR) is 81.2 cm³/mol. The Balaban J connectivity index is 1.66. The Bertz CT molecular complexity index is 667. The Morgan fingerprint density at radius 1 is 0.952 bits per heavy atom. The van der Waals surface area contributed by atoms with E-state index in [1.54, 1.807) is 29.2 Å². The minimum atomic E-state index is -0.123. The van der Waals surface area contributed by atoms with Gasteiger partial charge in [-0.25, -0.2) is 4.79 Å². The van der Waals surface area contributed by atoms with Crippen LogP contribution >= 0.6 is 0 Å². The third-order valence-electron chi connectivity index (χ3n) is 3.67. The molecule has 0 unspecified atom stereocenters. The highest BCUT2D eigenvalue weighted by molar-refractivity contribution is 5.95. The normalized spacial score (nSPS) is 12.9. The van der Waals surface area contributed by atoms with Gasteiger partial charge in [0.15, 0.2) is 5.78 Å². The highest BCUT2D eigenvalue weighted by atomic mass is 16.2. The first-order valence-corrected chi connectivity index (χ1v) is 6.87. The molecule has 4 nitrogen and oxygen atoms in total. The number of Topliss-reactive ketones (excluding diaryl/α,β-unsaturated/α-hetero) is 1. The zero-order valence-electron chi connectivity index (χ0n) is 11.8. The smallest absolute Gasteiger partial charge is 0.316 e. The molecule has 0 atom stereocenters. The Kier molecular flexibility index (Phi) is 3.44. The molecular weight excluding hydrogens is 264 g/mol. The largest absolute Gasteiger partial charge is 0.322 e. The van der Waals surface area contributed by atoms with Crippen molar-refractivity contribution in [2.45, 2.75) is 20.0 Å². The second-order valence-corrected chi connectivity index (χ2v) is 5.19. The fourth-order valence-corrected chi connectivity index (χ4v) is 2.47. The first kappa shape index (κ1) is 13.4. The van der Waals surface area contributed by atoms with E-state index in [-0.39, 0.29) is 11.8 Å². The van der Waals surface area contributed by atoms with Crippen LogP contribution in [0.4, 0.5) is 10.5 Å². The molecule has 0 aliphatic carbocycles. The van der Waals surface area contributed by atoms with Gasteiger partial charge in [0.25, 0.3) is 0 Å². The lowest BCUT2D eigenvalue weighted by atomic mass is 10.1. The molecule has 2 aromatic carbocycles. The van der Waals surface area contributed by atoms with Crippen molar-refractivity contribution in [3.05, 3.63) is 65.2 Å². The standard InChI is InChI=1S/C17H16N2O2/c1-12(20)13-6-8-16(9-7-13)18-17(21)19-10-14-4-2-3-5-15(14)11-19/h2-9H,10-11H2,1H3,(H,18,21). The topological polar surface area (TPSA) is 49.4 Å². The van der Waals surface area contributed by atoms with Crippen LogP contribution in [-0.2, 0) is 13.1 Å². The number of rotatable bonds is 2. The van der Waals surface area contributed by atoms with Crippen LogP contribution < -0.4 is 5.32 Å². The molecule has 2 amide bonds. The third kappa shape index (κ3) is 2.79. The van der Waals surface area contributed by atoms with Gasteiger partial charge >= 0.3 is 6.03 Å². The number of fused-ring (bicyclic) bond motifs is 1. The Labute approximate surface area is 123 Å². The van der Waals surface area contributed by atoms with Crippen molar-refractivity contribution in [3.63, 3.8) is 0 Å². The van der Waals surface area contributed by atoms with Crippen LogP contribution in [0.15, 0.2) is 48.5 Å². The van der Waals surface area contributed by atoms with E-state index in [0.29, 0.717) is 24.3 Å². The Morgan fingerprint density at radius 3 is 2.05 bits per heavy atom. The maximum atomic E-state index is 12.2. The van der Waals surface area contributed by atoms with Gasteiger partial charge < -0.3 is 10.2 Å². The molecule has 1 aliphatic rings. The van der Waals surface area contributed by atoms with Gasteiger partial charge in [-0.1, -0.05) is 24.3 Å². The van der Waals surface area contributed by atoms with E-state index in [2.05, 4.69) is 5.32 Å². The van der Waals surface area contributed by atoms with Gasteiger partial charge in [0.2, 0.25) is 0 Å².